The van der Waals surface area contributed by atoms with Crippen molar-refractivity contribution in [3.63, 3.8) is 0 Å². The van der Waals surface area contributed by atoms with Crippen molar-refractivity contribution < 1.29 is 14.6 Å². The Morgan fingerprint density at radius 1 is 1.62 bits per heavy atom. The zero-order chi connectivity index (χ0) is 12.2. The van der Waals surface area contributed by atoms with Crippen molar-refractivity contribution in [3.05, 3.63) is 0 Å². The number of nitrogens with zero attached hydrogens (tertiary/aromatic N) is 1. The van der Waals surface area contributed by atoms with Gasteiger partial charge < -0.3 is 14.7 Å². The summed E-state index contributed by atoms with van der Waals surface area (Å²) in [7, 11) is 2.00. The van der Waals surface area contributed by atoms with Crippen LogP contribution in [0.4, 0.5) is 0 Å². The van der Waals surface area contributed by atoms with Gasteiger partial charge >= 0.3 is 5.97 Å². The molecule has 0 amide bonds. The van der Waals surface area contributed by atoms with Gasteiger partial charge in [0.25, 0.3) is 0 Å². The van der Waals surface area contributed by atoms with Crippen molar-refractivity contribution in [1.82, 2.24) is 4.90 Å². The minimum absolute atomic E-state index is 0.354. The third-order valence-corrected chi connectivity index (χ3v) is 3.45. The zero-order valence-corrected chi connectivity index (χ0v) is 10.5. The molecule has 1 aliphatic rings. The molecule has 1 saturated heterocycles. The van der Waals surface area contributed by atoms with Crippen LogP contribution < -0.4 is 0 Å². The maximum Gasteiger partial charge on any atom is 0.313 e. The highest BCUT2D eigenvalue weighted by Gasteiger charge is 2.43. The summed E-state index contributed by atoms with van der Waals surface area (Å²) >= 11 is 0. The van der Waals surface area contributed by atoms with Crippen LogP contribution in [0.15, 0.2) is 0 Å². The first kappa shape index (κ1) is 13.5. The van der Waals surface area contributed by atoms with E-state index in [2.05, 4.69) is 18.7 Å². The Labute approximate surface area is 97.6 Å². The molecule has 0 aromatic rings. The Balaban J connectivity index is 2.52. The standard InChI is InChI=1S/C12H23NO3/c1-4-10(2)7-13(3)8-12(11(14)15)5-6-16-9-12/h10H,4-9H2,1-3H3,(H,14,15). The highest BCUT2D eigenvalue weighted by molar-refractivity contribution is 5.75. The number of ether oxygens (including phenoxy) is 1. The molecule has 1 N–H and O–H groups in total. The highest BCUT2D eigenvalue weighted by Crippen LogP contribution is 2.30. The predicted octanol–water partition coefficient (Wildman–Crippen LogP) is 1.46. The molecule has 0 radical (unpaired) electrons. The van der Waals surface area contributed by atoms with Crippen molar-refractivity contribution in [2.75, 3.05) is 33.4 Å². The highest BCUT2D eigenvalue weighted by atomic mass is 16.5. The molecule has 94 valence electrons. The minimum Gasteiger partial charge on any atom is -0.481 e. The van der Waals surface area contributed by atoms with Crippen molar-refractivity contribution in [1.29, 1.82) is 0 Å². The van der Waals surface area contributed by atoms with Gasteiger partial charge in [-0.15, -0.1) is 0 Å². The van der Waals surface area contributed by atoms with E-state index in [-0.39, 0.29) is 0 Å². The number of hydrogen-bond acceptors (Lipinski definition) is 3. The fourth-order valence-electron chi connectivity index (χ4n) is 2.21. The van der Waals surface area contributed by atoms with Gasteiger partial charge in [0.2, 0.25) is 0 Å². The molecule has 1 rings (SSSR count). The second kappa shape index (κ2) is 5.64. The quantitative estimate of drug-likeness (QED) is 0.749. The molecule has 1 fully saturated rings. The molecule has 0 bridgehead atoms. The maximum absolute atomic E-state index is 11.3. The molecule has 0 aliphatic carbocycles. The van der Waals surface area contributed by atoms with Gasteiger partial charge in [-0.2, -0.15) is 0 Å². The summed E-state index contributed by atoms with van der Waals surface area (Å²) in [5, 5.41) is 9.30. The summed E-state index contributed by atoms with van der Waals surface area (Å²) in [6.07, 6.45) is 1.76. The molecule has 2 atom stereocenters. The van der Waals surface area contributed by atoms with Crippen LogP contribution in [0, 0.1) is 11.3 Å². The van der Waals surface area contributed by atoms with E-state index in [4.69, 9.17) is 4.74 Å². The van der Waals surface area contributed by atoms with Crippen molar-refractivity contribution in [2.24, 2.45) is 11.3 Å². The van der Waals surface area contributed by atoms with Crippen LogP contribution in [-0.2, 0) is 9.53 Å². The first-order valence-corrected chi connectivity index (χ1v) is 6.00. The lowest BCUT2D eigenvalue weighted by molar-refractivity contribution is -0.150. The van der Waals surface area contributed by atoms with Crippen LogP contribution in [0.5, 0.6) is 0 Å². The fraction of sp³-hybridized carbons (Fsp3) is 0.917. The lowest BCUT2D eigenvalue weighted by atomic mass is 9.86. The Morgan fingerprint density at radius 2 is 2.31 bits per heavy atom. The molecule has 0 spiro atoms. The van der Waals surface area contributed by atoms with Gasteiger partial charge in [0.15, 0.2) is 0 Å². The van der Waals surface area contributed by atoms with E-state index < -0.39 is 11.4 Å². The van der Waals surface area contributed by atoms with Crippen LogP contribution in [0.2, 0.25) is 0 Å². The predicted molar refractivity (Wildman–Crippen MR) is 62.5 cm³/mol. The number of carboxylic acid groups (broad SMARTS) is 1. The summed E-state index contributed by atoms with van der Waals surface area (Å²) in [4.78, 5) is 13.4. The smallest absolute Gasteiger partial charge is 0.313 e. The summed E-state index contributed by atoms with van der Waals surface area (Å²) in [5.74, 6) is -0.112. The van der Waals surface area contributed by atoms with E-state index in [9.17, 15) is 9.90 Å². The molecule has 1 heterocycles. The molecule has 1 aliphatic heterocycles. The lowest BCUT2D eigenvalue weighted by Crippen LogP contribution is -2.43. The molecule has 4 nitrogen and oxygen atoms in total. The van der Waals surface area contributed by atoms with E-state index in [0.717, 1.165) is 13.0 Å². The van der Waals surface area contributed by atoms with E-state index >= 15 is 0 Å². The fourth-order valence-corrected chi connectivity index (χ4v) is 2.21. The monoisotopic (exact) mass is 229 g/mol. The van der Waals surface area contributed by atoms with Gasteiger partial charge in [0.1, 0.15) is 5.41 Å². The third-order valence-electron chi connectivity index (χ3n) is 3.45. The summed E-state index contributed by atoms with van der Waals surface area (Å²) in [5.41, 5.74) is -0.678. The van der Waals surface area contributed by atoms with Crippen LogP contribution in [-0.4, -0.2) is 49.3 Å². The topological polar surface area (TPSA) is 49.8 Å². The molecular weight excluding hydrogens is 206 g/mol. The van der Waals surface area contributed by atoms with Gasteiger partial charge in [0, 0.05) is 19.7 Å². The molecular formula is C12H23NO3. The van der Waals surface area contributed by atoms with Gasteiger partial charge in [-0.05, 0) is 19.4 Å². The normalized spacial score (nSPS) is 27.2. The van der Waals surface area contributed by atoms with Crippen molar-refractivity contribution >= 4 is 5.97 Å². The summed E-state index contributed by atoms with van der Waals surface area (Å²) in [6, 6.07) is 0. The van der Waals surface area contributed by atoms with E-state index in [1.54, 1.807) is 0 Å². The molecule has 0 aromatic carbocycles. The Kier molecular flexibility index (Phi) is 4.74. The second-order valence-corrected chi connectivity index (χ2v) is 5.10. The summed E-state index contributed by atoms with van der Waals surface area (Å²) in [6.45, 7) is 6.81. The maximum atomic E-state index is 11.3. The summed E-state index contributed by atoms with van der Waals surface area (Å²) < 4.78 is 5.25. The number of carboxylic acids is 1. The zero-order valence-electron chi connectivity index (χ0n) is 10.5. The number of hydrogen-bond donors (Lipinski definition) is 1. The van der Waals surface area contributed by atoms with Gasteiger partial charge in [-0.3, -0.25) is 4.79 Å². The minimum atomic E-state index is -0.721. The molecule has 16 heavy (non-hydrogen) atoms. The van der Waals surface area contributed by atoms with Crippen LogP contribution in [0.3, 0.4) is 0 Å². The first-order chi connectivity index (χ1) is 7.50. The average Bonchev–Trinajstić information content (AvgIpc) is 2.67. The van der Waals surface area contributed by atoms with Crippen LogP contribution in [0.1, 0.15) is 26.7 Å². The number of carbonyl (C=O) groups is 1. The van der Waals surface area contributed by atoms with Gasteiger partial charge in [0.05, 0.1) is 6.61 Å². The van der Waals surface area contributed by atoms with E-state index in [0.29, 0.717) is 32.1 Å². The molecule has 0 saturated carbocycles. The lowest BCUT2D eigenvalue weighted by Gasteiger charge is -2.29. The van der Waals surface area contributed by atoms with Crippen molar-refractivity contribution in [2.45, 2.75) is 26.7 Å². The Bertz CT molecular complexity index is 236. The Hall–Kier alpha value is -0.610. The van der Waals surface area contributed by atoms with E-state index in [1.165, 1.54) is 0 Å². The van der Waals surface area contributed by atoms with Crippen LogP contribution >= 0.6 is 0 Å². The number of aliphatic carboxylic acids is 1. The molecule has 0 aromatic heterocycles. The average molecular weight is 229 g/mol. The van der Waals surface area contributed by atoms with Crippen molar-refractivity contribution in [3.8, 4) is 0 Å². The van der Waals surface area contributed by atoms with E-state index in [1.807, 2.05) is 7.05 Å². The van der Waals surface area contributed by atoms with Gasteiger partial charge in [-0.1, -0.05) is 20.3 Å². The second-order valence-electron chi connectivity index (χ2n) is 5.10. The SMILES string of the molecule is CCC(C)CN(C)CC1(C(=O)O)CCOC1. The largest absolute Gasteiger partial charge is 0.481 e. The molecule has 4 heteroatoms. The molecule has 2 unspecified atom stereocenters. The number of rotatable bonds is 6. The Morgan fingerprint density at radius 3 is 2.75 bits per heavy atom. The first-order valence-electron chi connectivity index (χ1n) is 6.00. The van der Waals surface area contributed by atoms with Crippen LogP contribution in [0.25, 0.3) is 0 Å². The van der Waals surface area contributed by atoms with Gasteiger partial charge in [-0.25, -0.2) is 0 Å². The third kappa shape index (κ3) is 3.19.